The molecule has 1 aromatic heterocycles. The van der Waals surface area contributed by atoms with Crippen molar-refractivity contribution in [1.29, 1.82) is 0 Å². The van der Waals surface area contributed by atoms with E-state index in [1.807, 2.05) is 5.32 Å². The van der Waals surface area contributed by atoms with Crippen LogP contribution in [0.2, 0.25) is 0 Å². The molecule has 1 amide bonds. The Hall–Kier alpha value is -4.01. The molecule has 0 aliphatic rings. The van der Waals surface area contributed by atoms with Gasteiger partial charge in [0.2, 0.25) is 5.82 Å². The molecule has 0 saturated heterocycles. The molecule has 0 bridgehead atoms. The van der Waals surface area contributed by atoms with Crippen LogP contribution in [0.1, 0.15) is 10.4 Å². The minimum absolute atomic E-state index is 0.0645. The molecule has 0 saturated carbocycles. The lowest BCUT2D eigenvalue weighted by Gasteiger charge is -2.13. The maximum Gasteiger partial charge on any atom is 0.256 e. The van der Waals surface area contributed by atoms with Crippen LogP contribution in [0.5, 0.6) is 5.75 Å². The molecule has 0 unspecified atom stereocenters. The third kappa shape index (κ3) is 3.62. The van der Waals surface area contributed by atoms with E-state index in [4.69, 9.17) is 4.74 Å². The number of fused-ring (bicyclic) bond motifs is 1. The molecule has 32 heavy (non-hydrogen) atoms. The van der Waals surface area contributed by atoms with Crippen molar-refractivity contribution in [1.82, 2.24) is 4.98 Å². The van der Waals surface area contributed by atoms with Gasteiger partial charge in [0.25, 0.3) is 5.91 Å². The highest BCUT2D eigenvalue weighted by atomic mass is 19.2. The number of para-hydroxylation sites is 1. The summed E-state index contributed by atoms with van der Waals surface area (Å²) in [6, 6.07) is 14.6. The van der Waals surface area contributed by atoms with Crippen LogP contribution in [-0.2, 0) is 0 Å². The van der Waals surface area contributed by atoms with E-state index < -0.39 is 40.7 Å². The van der Waals surface area contributed by atoms with Crippen LogP contribution in [0.15, 0.2) is 54.6 Å². The lowest BCUT2D eigenvalue weighted by molar-refractivity contribution is 0.102. The van der Waals surface area contributed by atoms with Gasteiger partial charge >= 0.3 is 0 Å². The summed E-state index contributed by atoms with van der Waals surface area (Å²) in [7, 11) is 1.51. The number of methoxy groups -OCH3 is 1. The Bertz CT molecular complexity index is 1330. The predicted octanol–water partition coefficient (Wildman–Crippen LogP) is 5.86. The second kappa shape index (κ2) is 8.26. The van der Waals surface area contributed by atoms with Crippen LogP contribution in [0.3, 0.4) is 0 Å². The van der Waals surface area contributed by atoms with Gasteiger partial charge in [-0.3, -0.25) is 4.79 Å². The first-order chi connectivity index (χ1) is 15.3. The highest BCUT2D eigenvalue weighted by Gasteiger charge is 2.27. The fourth-order valence-corrected chi connectivity index (χ4v) is 3.17. The largest absolute Gasteiger partial charge is 0.497 e. The van der Waals surface area contributed by atoms with Gasteiger partial charge in [-0.2, -0.15) is 0 Å². The summed E-state index contributed by atoms with van der Waals surface area (Å²) in [5, 5.41) is 2.13. The van der Waals surface area contributed by atoms with Gasteiger partial charge in [-0.05, 0) is 36.4 Å². The molecule has 162 valence electrons. The van der Waals surface area contributed by atoms with Crippen molar-refractivity contribution in [2.24, 2.45) is 0 Å². The average molecular weight is 444 g/mol. The number of benzene rings is 3. The lowest BCUT2D eigenvalue weighted by Crippen LogP contribution is -2.17. The molecule has 3 aromatic carbocycles. The first-order valence-corrected chi connectivity index (χ1v) is 9.18. The van der Waals surface area contributed by atoms with E-state index in [1.165, 1.54) is 13.2 Å². The second-order valence-corrected chi connectivity index (χ2v) is 6.70. The third-order valence-corrected chi connectivity index (χ3v) is 4.79. The fraction of sp³-hybridized carbons (Fsp3) is 0.0435. The van der Waals surface area contributed by atoms with E-state index in [-0.39, 0.29) is 5.56 Å². The Morgan fingerprint density at radius 2 is 1.44 bits per heavy atom. The van der Waals surface area contributed by atoms with E-state index in [0.29, 0.717) is 27.9 Å². The average Bonchev–Trinajstić information content (AvgIpc) is 2.83. The summed E-state index contributed by atoms with van der Waals surface area (Å²) < 4.78 is 73.6. The summed E-state index contributed by atoms with van der Waals surface area (Å²) >= 11 is 0. The van der Waals surface area contributed by atoms with E-state index >= 15 is 0 Å². The SMILES string of the molecule is COc1ccc(-c2cc(C(=O)Nc3c(F)c(F)c(F)c(F)c3F)c3ccccc3n2)cc1. The Labute approximate surface area is 178 Å². The Morgan fingerprint density at radius 1 is 0.844 bits per heavy atom. The molecule has 9 heteroatoms. The highest BCUT2D eigenvalue weighted by Crippen LogP contribution is 2.30. The molecule has 0 atom stereocenters. The van der Waals surface area contributed by atoms with Gasteiger partial charge in [-0.1, -0.05) is 18.2 Å². The van der Waals surface area contributed by atoms with Crippen LogP contribution in [0.4, 0.5) is 27.6 Å². The van der Waals surface area contributed by atoms with Crippen LogP contribution >= 0.6 is 0 Å². The normalized spacial score (nSPS) is 10.9. The molecule has 0 fully saturated rings. The molecule has 0 radical (unpaired) electrons. The quantitative estimate of drug-likeness (QED) is 0.244. The zero-order chi connectivity index (χ0) is 23.0. The topological polar surface area (TPSA) is 51.2 Å². The number of aromatic nitrogens is 1. The Kier molecular flexibility index (Phi) is 5.48. The molecular weight excluding hydrogens is 431 g/mol. The number of ether oxygens (including phenoxy) is 1. The maximum atomic E-state index is 14.0. The van der Waals surface area contributed by atoms with Gasteiger partial charge in [0, 0.05) is 10.9 Å². The number of carbonyl (C=O) groups is 1. The van der Waals surface area contributed by atoms with Crippen molar-refractivity contribution >= 4 is 22.5 Å². The number of nitrogens with zero attached hydrogens (tertiary/aromatic N) is 1. The summed E-state index contributed by atoms with van der Waals surface area (Å²) in [5.74, 6) is -11.4. The minimum Gasteiger partial charge on any atom is -0.497 e. The standard InChI is InChI=1S/C23H13F5N2O2/c1-32-12-8-6-11(7-9-12)16-10-14(13-4-2-3-5-15(13)29-16)23(31)30-22-20(27)18(25)17(24)19(26)21(22)28/h2-10H,1H3,(H,30,31). The summed E-state index contributed by atoms with van der Waals surface area (Å²) in [6.45, 7) is 0. The number of hydrogen-bond acceptors (Lipinski definition) is 3. The van der Waals surface area contributed by atoms with Gasteiger partial charge < -0.3 is 10.1 Å². The number of rotatable bonds is 4. The zero-order valence-corrected chi connectivity index (χ0v) is 16.3. The molecule has 0 aliphatic carbocycles. The van der Waals surface area contributed by atoms with Crippen molar-refractivity contribution in [2.75, 3.05) is 12.4 Å². The number of anilines is 1. The number of nitrogens with one attached hydrogen (secondary N) is 1. The van der Waals surface area contributed by atoms with Crippen molar-refractivity contribution in [3.63, 3.8) is 0 Å². The molecule has 4 rings (SSSR count). The van der Waals surface area contributed by atoms with Gasteiger partial charge in [-0.25, -0.2) is 26.9 Å². The highest BCUT2D eigenvalue weighted by molar-refractivity contribution is 6.13. The van der Waals surface area contributed by atoms with Crippen molar-refractivity contribution in [3.8, 4) is 17.0 Å². The zero-order valence-electron chi connectivity index (χ0n) is 16.3. The second-order valence-electron chi connectivity index (χ2n) is 6.70. The molecule has 0 aliphatic heterocycles. The molecule has 4 nitrogen and oxygen atoms in total. The molecule has 1 N–H and O–H groups in total. The smallest absolute Gasteiger partial charge is 0.256 e. The van der Waals surface area contributed by atoms with Crippen molar-refractivity contribution in [2.45, 2.75) is 0 Å². The molecule has 4 aromatic rings. The Balaban J connectivity index is 1.83. The van der Waals surface area contributed by atoms with Crippen LogP contribution in [-0.4, -0.2) is 18.0 Å². The summed E-state index contributed by atoms with van der Waals surface area (Å²) in [5.41, 5.74) is -0.136. The predicted molar refractivity (Wildman–Crippen MR) is 108 cm³/mol. The number of amides is 1. The fourth-order valence-electron chi connectivity index (χ4n) is 3.17. The van der Waals surface area contributed by atoms with E-state index in [2.05, 4.69) is 4.98 Å². The van der Waals surface area contributed by atoms with E-state index in [0.717, 1.165) is 0 Å². The summed E-state index contributed by atoms with van der Waals surface area (Å²) in [6.07, 6.45) is 0. The van der Waals surface area contributed by atoms with Crippen LogP contribution < -0.4 is 10.1 Å². The van der Waals surface area contributed by atoms with Gasteiger partial charge in [0.1, 0.15) is 11.4 Å². The summed E-state index contributed by atoms with van der Waals surface area (Å²) in [4.78, 5) is 17.4. The van der Waals surface area contributed by atoms with Crippen molar-refractivity contribution in [3.05, 3.63) is 89.2 Å². The van der Waals surface area contributed by atoms with Crippen LogP contribution in [0, 0.1) is 29.1 Å². The van der Waals surface area contributed by atoms with E-state index in [1.54, 1.807) is 48.5 Å². The van der Waals surface area contributed by atoms with Crippen molar-refractivity contribution < 1.29 is 31.5 Å². The number of hydrogen-bond donors (Lipinski definition) is 1. The van der Waals surface area contributed by atoms with Gasteiger partial charge in [0.05, 0.1) is 23.9 Å². The molecule has 0 spiro atoms. The first-order valence-electron chi connectivity index (χ1n) is 9.18. The lowest BCUT2D eigenvalue weighted by atomic mass is 10.0. The Morgan fingerprint density at radius 3 is 2.06 bits per heavy atom. The number of pyridine rings is 1. The maximum absolute atomic E-state index is 14.0. The molecule has 1 heterocycles. The van der Waals surface area contributed by atoms with Gasteiger partial charge in [-0.15, -0.1) is 0 Å². The number of carbonyl (C=O) groups excluding carboxylic acids is 1. The monoisotopic (exact) mass is 444 g/mol. The molecular formula is C23H13F5N2O2. The first kappa shape index (κ1) is 21.2. The van der Waals surface area contributed by atoms with E-state index in [9.17, 15) is 26.7 Å². The van der Waals surface area contributed by atoms with Crippen LogP contribution in [0.25, 0.3) is 22.2 Å². The minimum atomic E-state index is -2.31. The van der Waals surface area contributed by atoms with Gasteiger partial charge in [0.15, 0.2) is 23.3 Å². The third-order valence-electron chi connectivity index (χ3n) is 4.79. The number of halogens is 5.